The lowest BCUT2D eigenvalue weighted by Crippen LogP contribution is -1.82. The van der Waals surface area contributed by atoms with E-state index in [0.717, 1.165) is 12.3 Å². The summed E-state index contributed by atoms with van der Waals surface area (Å²) in [6.07, 6.45) is -1.67. The van der Waals surface area contributed by atoms with Gasteiger partial charge in [0.25, 0.3) is 6.43 Å². The molecule has 0 aliphatic rings. The smallest absolute Gasteiger partial charge is 0.267 e. The van der Waals surface area contributed by atoms with Crippen LogP contribution < -0.4 is 0 Å². The van der Waals surface area contributed by atoms with Gasteiger partial charge in [0, 0.05) is 11.5 Å². The van der Waals surface area contributed by atoms with Crippen molar-refractivity contribution in [3.63, 3.8) is 0 Å². The average Bonchev–Trinajstić information content (AvgIpc) is 2.48. The van der Waals surface area contributed by atoms with Crippen LogP contribution in [0.1, 0.15) is 12.0 Å². The average molecular weight is 265 g/mol. The molecule has 14 heavy (non-hydrogen) atoms. The Kier molecular flexibility index (Phi) is 2.26. The van der Waals surface area contributed by atoms with Crippen molar-refractivity contribution >= 4 is 26.9 Å². The number of alkyl halides is 2. The topological polar surface area (TPSA) is 13.1 Å². The fourth-order valence-electron chi connectivity index (χ4n) is 1.21. The fourth-order valence-corrected chi connectivity index (χ4v) is 1.55. The Morgan fingerprint density at radius 3 is 2.64 bits per heavy atom. The maximum atomic E-state index is 13.0. The van der Waals surface area contributed by atoms with E-state index in [4.69, 9.17) is 4.42 Å². The number of hydrogen-bond donors (Lipinski definition) is 0. The van der Waals surface area contributed by atoms with Crippen molar-refractivity contribution in [2.75, 3.05) is 0 Å². The number of hydrogen-bond acceptors (Lipinski definition) is 1. The molecular formula is C9H4BrF3O. The largest absolute Gasteiger partial charge is 0.464 e. The molecule has 0 saturated heterocycles. The molecule has 5 heteroatoms. The van der Waals surface area contributed by atoms with Gasteiger partial charge in [-0.2, -0.15) is 0 Å². The second-order valence-electron chi connectivity index (χ2n) is 2.75. The summed E-state index contributed by atoms with van der Waals surface area (Å²) in [6.45, 7) is 0. The predicted molar refractivity (Wildman–Crippen MR) is 48.8 cm³/mol. The van der Waals surface area contributed by atoms with Crippen LogP contribution in [0.3, 0.4) is 0 Å². The molecule has 0 atom stereocenters. The summed E-state index contributed by atoms with van der Waals surface area (Å²) in [5.41, 5.74) is -0.0956. The Morgan fingerprint density at radius 2 is 2.00 bits per heavy atom. The number of furan rings is 1. The minimum absolute atomic E-state index is 0.126. The van der Waals surface area contributed by atoms with Crippen LogP contribution in [0, 0.1) is 5.82 Å². The highest BCUT2D eigenvalue weighted by molar-refractivity contribution is 9.10. The first-order valence-corrected chi connectivity index (χ1v) is 4.53. The van der Waals surface area contributed by atoms with Crippen molar-refractivity contribution < 1.29 is 17.6 Å². The first-order valence-electron chi connectivity index (χ1n) is 3.74. The molecule has 0 bridgehead atoms. The summed E-state index contributed by atoms with van der Waals surface area (Å²) >= 11 is 2.92. The highest BCUT2D eigenvalue weighted by Gasteiger charge is 2.16. The Balaban J connectivity index is 2.74. The van der Waals surface area contributed by atoms with Gasteiger partial charge in [-0.15, -0.1) is 0 Å². The van der Waals surface area contributed by atoms with Gasteiger partial charge in [-0.1, -0.05) is 0 Å². The molecule has 1 heterocycles. The van der Waals surface area contributed by atoms with E-state index in [1.165, 1.54) is 6.07 Å². The van der Waals surface area contributed by atoms with Gasteiger partial charge in [0.2, 0.25) is 0 Å². The zero-order chi connectivity index (χ0) is 10.3. The van der Waals surface area contributed by atoms with Gasteiger partial charge in [0.05, 0.1) is 10.0 Å². The molecular weight excluding hydrogens is 261 g/mol. The second-order valence-corrected chi connectivity index (χ2v) is 3.61. The van der Waals surface area contributed by atoms with Gasteiger partial charge in [-0.05, 0) is 22.0 Å². The van der Waals surface area contributed by atoms with Gasteiger partial charge in [0.1, 0.15) is 17.7 Å². The van der Waals surface area contributed by atoms with E-state index in [1.54, 1.807) is 0 Å². The molecule has 1 aromatic carbocycles. The van der Waals surface area contributed by atoms with E-state index < -0.39 is 12.2 Å². The molecule has 74 valence electrons. The minimum Gasteiger partial charge on any atom is -0.464 e. The number of rotatable bonds is 1. The summed E-state index contributed by atoms with van der Waals surface area (Å²) < 4.78 is 42.7. The van der Waals surface area contributed by atoms with Crippen LogP contribution in [0.15, 0.2) is 27.3 Å². The summed E-state index contributed by atoms with van der Waals surface area (Å²) in [5, 5.41) is 0.230. The lowest BCUT2D eigenvalue weighted by molar-refractivity contribution is 0.152. The Morgan fingerprint density at radius 1 is 1.29 bits per heavy atom. The normalized spacial score (nSPS) is 11.5. The minimum atomic E-state index is -2.62. The van der Waals surface area contributed by atoms with Crippen molar-refractivity contribution in [3.8, 4) is 0 Å². The van der Waals surface area contributed by atoms with Crippen LogP contribution >= 0.6 is 15.9 Å². The van der Waals surface area contributed by atoms with E-state index in [9.17, 15) is 13.2 Å². The van der Waals surface area contributed by atoms with Crippen LogP contribution in [0.5, 0.6) is 0 Å². The van der Waals surface area contributed by atoms with Gasteiger partial charge < -0.3 is 4.42 Å². The fraction of sp³-hybridized carbons (Fsp3) is 0.111. The van der Waals surface area contributed by atoms with Crippen molar-refractivity contribution in [1.29, 1.82) is 0 Å². The molecule has 0 spiro atoms. The lowest BCUT2D eigenvalue weighted by Gasteiger charge is -1.96. The van der Waals surface area contributed by atoms with Gasteiger partial charge >= 0.3 is 0 Å². The summed E-state index contributed by atoms with van der Waals surface area (Å²) in [5.74, 6) is -0.535. The zero-order valence-electron chi connectivity index (χ0n) is 6.73. The monoisotopic (exact) mass is 264 g/mol. The molecule has 0 N–H and O–H groups in total. The maximum Gasteiger partial charge on any atom is 0.267 e. The van der Waals surface area contributed by atoms with Crippen molar-refractivity contribution in [3.05, 3.63) is 34.2 Å². The molecule has 0 aliphatic heterocycles. The molecule has 0 aliphatic carbocycles. The number of benzene rings is 1. The van der Waals surface area contributed by atoms with E-state index in [-0.39, 0.29) is 21.0 Å². The third kappa shape index (κ3) is 1.41. The van der Waals surface area contributed by atoms with Crippen LogP contribution in [0.2, 0.25) is 0 Å². The number of halogens is 4. The maximum absolute atomic E-state index is 13.0. The van der Waals surface area contributed by atoms with Crippen LogP contribution in [-0.2, 0) is 0 Å². The Labute approximate surface area is 85.6 Å². The Hall–Kier alpha value is -0.970. The van der Waals surface area contributed by atoms with E-state index in [1.807, 2.05) is 0 Å². The zero-order valence-corrected chi connectivity index (χ0v) is 8.32. The summed E-state index contributed by atoms with van der Waals surface area (Å²) in [4.78, 5) is 0. The lowest BCUT2D eigenvalue weighted by atomic mass is 10.2. The molecule has 1 nitrogen and oxygen atoms in total. The van der Waals surface area contributed by atoms with Crippen molar-refractivity contribution in [2.45, 2.75) is 6.43 Å². The van der Waals surface area contributed by atoms with E-state index >= 15 is 0 Å². The highest BCUT2D eigenvalue weighted by Crippen LogP contribution is 2.32. The van der Waals surface area contributed by atoms with Crippen molar-refractivity contribution in [2.24, 2.45) is 0 Å². The van der Waals surface area contributed by atoms with E-state index in [0.29, 0.717) is 0 Å². The number of fused-ring (bicyclic) bond motifs is 1. The third-order valence-corrected chi connectivity index (χ3v) is 2.49. The van der Waals surface area contributed by atoms with Crippen LogP contribution in [0.4, 0.5) is 13.2 Å². The molecule has 2 rings (SSSR count). The Bertz CT molecular complexity index is 478. The highest BCUT2D eigenvalue weighted by atomic mass is 79.9. The second kappa shape index (κ2) is 3.31. The first kappa shape index (κ1) is 9.58. The summed E-state index contributed by atoms with van der Waals surface area (Å²) in [7, 11) is 0. The SMILES string of the molecule is Fc1cc2occ(C(F)F)c2cc1Br. The van der Waals surface area contributed by atoms with Gasteiger partial charge in [-0.3, -0.25) is 0 Å². The first-order chi connectivity index (χ1) is 6.59. The predicted octanol–water partition coefficient (Wildman–Crippen LogP) is 4.27. The molecule has 0 radical (unpaired) electrons. The van der Waals surface area contributed by atoms with Crippen molar-refractivity contribution in [1.82, 2.24) is 0 Å². The molecule has 0 unspecified atom stereocenters. The summed E-state index contributed by atoms with van der Waals surface area (Å²) in [6, 6.07) is 2.36. The third-order valence-electron chi connectivity index (χ3n) is 1.88. The molecule has 0 saturated carbocycles. The molecule has 1 aromatic heterocycles. The molecule has 2 aromatic rings. The quantitative estimate of drug-likeness (QED) is 0.750. The molecule has 0 amide bonds. The van der Waals surface area contributed by atoms with Gasteiger partial charge in [0.15, 0.2) is 0 Å². The molecule has 0 fully saturated rings. The van der Waals surface area contributed by atoms with Crippen LogP contribution in [0.25, 0.3) is 11.0 Å². The van der Waals surface area contributed by atoms with E-state index in [2.05, 4.69) is 15.9 Å². The van der Waals surface area contributed by atoms with Gasteiger partial charge in [-0.25, -0.2) is 13.2 Å². The van der Waals surface area contributed by atoms with Crippen LogP contribution in [-0.4, -0.2) is 0 Å². The standard InChI is InChI=1S/C9H4BrF3O/c10-6-1-4-5(9(12)13)3-14-8(4)2-7(6)11/h1-3,9H.